The van der Waals surface area contributed by atoms with Crippen LogP contribution in [0.15, 0.2) is 0 Å². The maximum Gasteiger partial charge on any atom is 0.0707 e. The van der Waals surface area contributed by atoms with Crippen LogP contribution in [0, 0.1) is 0 Å². The molecule has 1 aliphatic heterocycles. The third-order valence-corrected chi connectivity index (χ3v) is 2.66. The number of likely N-dealkylation sites (N-methyl/N-ethyl adjacent to an activating group) is 1. The van der Waals surface area contributed by atoms with E-state index in [9.17, 15) is 0 Å². The van der Waals surface area contributed by atoms with Crippen LogP contribution in [0.4, 0.5) is 0 Å². The monoisotopic (exact) mass is 200 g/mol. The van der Waals surface area contributed by atoms with Crippen LogP contribution in [-0.4, -0.2) is 50.3 Å². The number of hydrogen-bond donors (Lipinski definition) is 1. The highest BCUT2D eigenvalue weighted by atomic mass is 16.5. The fourth-order valence-electron chi connectivity index (χ4n) is 1.79. The molecule has 1 fully saturated rings. The Hall–Kier alpha value is -0.120. The predicted molar refractivity (Wildman–Crippen MR) is 59.6 cm³/mol. The van der Waals surface area contributed by atoms with Crippen molar-refractivity contribution in [3.05, 3.63) is 0 Å². The summed E-state index contributed by atoms with van der Waals surface area (Å²) in [6.07, 6.45) is 2.81. The van der Waals surface area contributed by atoms with E-state index in [-0.39, 0.29) is 5.60 Å². The first-order valence-corrected chi connectivity index (χ1v) is 5.53. The van der Waals surface area contributed by atoms with Crippen LogP contribution in [0.5, 0.6) is 0 Å². The molecule has 84 valence electrons. The molecular formula is C11H24N2O. The summed E-state index contributed by atoms with van der Waals surface area (Å²) in [6, 6.07) is 0. The van der Waals surface area contributed by atoms with Crippen LogP contribution >= 0.6 is 0 Å². The van der Waals surface area contributed by atoms with Gasteiger partial charge in [0.15, 0.2) is 0 Å². The Morgan fingerprint density at radius 1 is 1.43 bits per heavy atom. The van der Waals surface area contributed by atoms with Gasteiger partial charge in [0.05, 0.1) is 11.7 Å². The molecule has 0 bridgehead atoms. The summed E-state index contributed by atoms with van der Waals surface area (Å²) < 4.78 is 5.88. The van der Waals surface area contributed by atoms with E-state index < -0.39 is 0 Å². The Morgan fingerprint density at radius 3 is 2.64 bits per heavy atom. The van der Waals surface area contributed by atoms with Crippen molar-refractivity contribution in [2.24, 2.45) is 0 Å². The molecule has 0 aliphatic carbocycles. The Balaban J connectivity index is 2.03. The zero-order chi connectivity index (χ0) is 10.6. The van der Waals surface area contributed by atoms with Gasteiger partial charge >= 0.3 is 0 Å². The van der Waals surface area contributed by atoms with Gasteiger partial charge in [0, 0.05) is 19.6 Å². The Bertz CT molecular complexity index is 169. The molecule has 0 aromatic rings. The molecule has 3 heteroatoms. The molecule has 1 saturated heterocycles. The molecule has 1 aliphatic rings. The molecule has 0 spiro atoms. The third-order valence-electron chi connectivity index (χ3n) is 2.66. The van der Waals surface area contributed by atoms with Crippen molar-refractivity contribution in [3.8, 4) is 0 Å². The molecule has 0 saturated carbocycles. The highest BCUT2D eigenvalue weighted by Gasteiger charge is 2.30. The summed E-state index contributed by atoms with van der Waals surface area (Å²) in [5, 5.41) is 3.43. The van der Waals surface area contributed by atoms with Crippen molar-refractivity contribution in [1.82, 2.24) is 10.2 Å². The summed E-state index contributed by atoms with van der Waals surface area (Å²) in [5.74, 6) is 0. The lowest BCUT2D eigenvalue weighted by Gasteiger charge is -2.19. The van der Waals surface area contributed by atoms with Gasteiger partial charge in [-0.2, -0.15) is 0 Å². The Kier molecular flexibility index (Phi) is 4.35. The van der Waals surface area contributed by atoms with E-state index in [1.807, 2.05) is 0 Å². The molecule has 1 atom stereocenters. The number of nitrogens with one attached hydrogen (secondary N) is 1. The van der Waals surface area contributed by atoms with E-state index in [0.717, 1.165) is 19.6 Å². The maximum atomic E-state index is 5.88. The van der Waals surface area contributed by atoms with Gasteiger partial charge in [-0.1, -0.05) is 0 Å². The number of nitrogens with zero attached hydrogens (tertiary/aromatic N) is 1. The average molecular weight is 200 g/mol. The fraction of sp³-hybridized carbons (Fsp3) is 1.00. The minimum absolute atomic E-state index is 0.105. The first-order valence-electron chi connectivity index (χ1n) is 5.53. The van der Waals surface area contributed by atoms with E-state index >= 15 is 0 Å². The largest absolute Gasteiger partial charge is 0.371 e. The van der Waals surface area contributed by atoms with Crippen molar-refractivity contribution < 1.29 is 4.74 Å². The summed E-state index contributed by atoms with van der Waals surface area (Å²) in [4.78, 5) is 2.19. The minimum Gasteiger partial charge on any atom is -0.371 e. The predicted octanol–water partition coefficient (Wildman–Crippen LogP) is 1.10. The van der Waals surface area contributed by atoms with Gasteiger partial charge in [0.1, 0.15) is 0 Å². The van der Waals surface area contributed by atoms with Crippen molar-refractivity contribution in [3.63, 3.8) is 0 Å². The molecule has 14 heavy (non-hydrogen) atoms. The molecule has 0 radical (unpaired) electrons. The number of ether oxygens (including phenoxy) is 1. The van der Waals surface area contributed by atoms with Crippen LogP contribution < -0.4 is 5.32 Å². The fourth-order valence-corrected chi connectivity index (χ4v) is 1.79. The van der Waals surface area contributed by atoms with Gasteiger partial charge in [-0.05, 0) is 40.8 Å². The summed E-state index contributed by atoms with van der Waals surface area (Å²) in [6.45, 7) is 7.49. The smallest absolute Gasteiger partial charge is 0.0707 e. The van der Waals surface area contributed by atoms with Crippen molar-refractivity contribution in [2.45, 2.75) is 38.4 Å². The number of hydrogen-bond acceptors (Lipinski definition) is 3. The molecule has 0 amide bonds. The maximum absolute atomic E-state index is 5.88. The van der Waals surface area contributed by atoms with E-state index in [1.165, 1.54) is 12.8 Å². The zero-order valence-corrected chi connectivity index (χ0v) is 9.97. The quantitative estimate of drug-likeness (QED) is 0.673. The number of rotatable bonds is 5. The SMILES string of the molecule is CN(C)CCNCC1CCC(C)(C)O1. The Labute approximate surface area is 87.8 Å². The molecule has 0 aromatic heterocycles. The molecular weight excluding hydrogens is 176 g/mol. The van der Waals surface area contributed by atoms with E-state index in [1.54, 1.807) is 0 Å². The lowest BCUT2D eigenvalue weighted by atomic mass is 10.1. The molecule has 1 rings (SSSR count). The van der Waals surface area contributed by atoms with Crippen LogP contribution in [-0.2, 0) is 4.74 Å². The van der Waals surface area contributed by atoms with Crippen molar-refractivity contribution in [2.75, 3.05) is 33.7 Å². The molecule has 1 unspecified atom stereocenters. The average Bonchev–Trinajstić information content (AvgIpc) is 2.39. The normalized spacial score (nSPS) is 25.9. The lowest BCUT2D eigenvalue weighted by molar-refractivity contribution is -0.0142. The highest BCUT2D eigenvalue weighted by molar-refractivity contribution is 4.81. The van der Waals surface area contributed by atoms with Crippen LogP contribution in [0.1, 0.15) is 26.7 Å². The second-order valence-electron chi connectivity index (χ2n) is 5.05. The van der Waals surface area contributed by atoms with Gasteiger partial charge in [-0.15, -0.1) is 0 Å². The van der Waals surface area contributed by atoms with E-state index in [0.29, 0.717) is 6.10 Å². The molecule has 1 heterocycles. The summed E-state index contributed by atoms with van der Waals surface area (Å²) in [5.41, 5.74) is 0.105. The molecule has 0 aromatic carbocycles. The van der Waals surface area contributed by atoms with Crippen LogP contribution in [0.2, 0.25) is 0 Å². The zero-order valence-electron chi connectivity index (χ0n) is 9.97. The topological polar surface area (TPSA) is 24.5 Å². The summed E-state index contributed by atoms with van der Waals surface area (Å²) >= 11 is 0. The van der Waals surface area contributed by atoms with Gasteiger partial charge in [-0.25, -0.2) is 0 Å². The Morgan fingerprint density at radius 2 is 2.14 bits per heavy atom. The minimum atomic E-state index is 0.105. The second-order valence-corrected chi connectivity index (χ2v) is 5.05. The highest BCUT2D eigenvalue weighted by Crippen LogP contribution is 2.28. The standard InChI is InChI=1S/C11H24N2O/c1-11(2)6-5-10(14-11)9-12-7-8-13(3)4/h10,12H,5-9H2,1-4H3. The summed E-state index contributed by atoms with van der Waals surface area (Å²) in [7, 11) is 4.19. The first-order chi connectivity index (χ1) is 6.49. The van der Waals surface area contributed by atoms with Gasteiger partial charge in [0.25, 0.3) is 0 Å². The van der Waals surface area contributed by atoms with E-state index in [2.05, 4.69) is 38.2 Å². The molecule has 1 N–H and O–H groups in total. The van der Waals surface area contributed by atoms with Gasteiger partial charge in [0.2, 0.25) is 0 Å². The van der Waals surface area contributed by atoms with Crippen molar-refractivity contribution >= 4 is 0 Å². The van der Waals surface area contributed by atoms with Crippen LogP contribution in [0.3, 0.4) is 0 Å². The second kappa shape index (κ2) is 5.10. The lowest BCUT2D eigenvalue weighted by Crippen LogP contribution is -2.33. The van der Waals surface area contributed by atoms with Gasteiger partial charge in [-0.3, -0.25) is 0 Å². The van der Waals surface area contributed by atoms with E-state index in [4.69, 9.17) is 4.74 Å². The molecule has 3 nitrogen and oxygen atoms in total. The first kappa shape index (κ1) is 12.0. The third kappa shape index (κ3) is 4.40. The van der Waals surface area contributed by atoms with Crippen LogP contribution in [0.25, 0.3) is 0 Å². The van der Waals surface area contributed by atoms with Crippen molar-refractivity contribution in [1.29, 1.82) is 0 Å². The van der Waals surface area contributed by atoms with Gasteiger partial charge < -0.3 is 15.0 Å².